The number of nitrogens with zero attached hydrogens (tertiary/aromatic N) is 2. The van der Waals surface area contributed by atoms with Gasteiger partial charge in [-0.1, -0.05) is 0 Å². The van der Waals surface area contributed by atoms with Crippen LogP contribution >= 0.6 is 0 Å². The van der Waals surface area contributed by atoms with E-state index >= 15 is 0 Å². The van der Waals surface area contributed by atoms with Crippen LogP contribution in [0.3, 0.4) is 0 Å². The van der Waals surface area contributed by atoms with Gasteiger partial charge >= 0.3 is 0 Å². The SMILES string of the molecule is COc1ccc(N=Cc2cc(OC)c(OC)c(OC)c2)cn1. The van der Waals surface area contributed by atoms with Gasteiger partial charge in [0.25, 0.3) is 0 Å². The van der Waals surface area contributed by atoms with Crippen LogP contribution in [0.4, 0.5) is 5.69 Å². The summed E-state index contributed by atoms with van der Waals surface area (Å²) in [6, 6.07) is 7.21. The topological polar surface area (TPSA) is 62.2 Å². The lowest BCUT2D eigenvalue weighted by Gasteiger charge is -2.12. The number of methoxy groups -OCH3 is 4. The van der Waals surface area contributed by atoms with Crippen molar-refractivity contribution in [3.63, 3.8) is 0 Å². The molecule has 6 nitrogen and oxygen atoms in total. The molecular formula is C16H18N2O4. The van der Waals surface area contributed by atoms with Gasteiger partial charge in [0.2, 0.25) is 11.6 Å². The van der Waals surface area contributed by atoms with E-state index in [1.165, 1.54) is 0 Å². The lowest BCUT2D eigenvalue weighted by Crippen LogP contribution is -1.96. The molecule has 0 aliphatic heterocycles. The molecule has 0 unspecified atom stereocenters. The molecule has 1 aromatic carbocycles. The smallest absolute Gasteiger partial charge is 0.213 e. The molecule has 0 atom stereocenters. The molecule has 22 heavy (non-hydrogen) atoms. The number of ether oxygens (including phenoxy) is 4. The largest absolute Gasteiger partial charge is 0.493 e. The highest BCUT2D eigenvalue weighted by Crippen LogP contribution is 2.37. The molecule has 1 aromatic heterocycles. The van der Waals surface area contributed by atoms with Crippen LogP contribution in [-0.2, 0) is 0 Å². The maximum atomic E-state index is 5.31. The molecular weight excluding hydrogens is 284 g/mol. The minimum absolute atomic E-state index is 0.548. The maximum Gasteiger partial charge on any atom is 0.213 e. The van der Waals surface area contributed by atoms with E-state index in [-0.39, 0.29) is 0 Å². The predicted octanol–water partition coefficient (Wildman–Crippen LogP) is 2.87. The highest BCUT2D eigenvalue weighted by Gasteiger charge is 2.12. The Labute approximate surface area is 129 Å². The fourth-order valence-corrected chi connectivity index (χ4v) is 1.89. The zero-order valence-corrected chi connectivity index (χ0v) is 13.0. The Hall–Kier alpha value is -2.76. The van der Waals surface area contributed by atoms with Crippen LogP contribution in [0.25, 0.3) is 0 Å². The predicted molar refractivity (Wildman–Crippen MR) is 84.1 cm³/mol. The molecule has 0 amide bonds. The number of hydrogen-bond donors (Lipinski definition) is 0. The first-order chi connectivity index (χ1) is 10.7. The summed E-state index contributed by atoms with van der Waals surface area (Å²) in [6.45, 7) is 0. The number of rotatable bonds is 6. The van der Waals surface area contributed by atoms with Crippen LogP contribution < -0.4 is 18.9 Å². The van der Waals surface area contributed by atoms with Gasteiger partial charge in [0.05, 0.1) is 40.3 Å². The number of aliphatic imine (C=N–C) groups is 1. The van der Waals surface area contributed by atoms with Gasteiger partial charge in [0.15, 0.2) is 11.5 Å². The van der Waals surface area contributed by atoms with E-state index in [1.807, 2.05) is 18.2 Å². The second-order valence-electron chi connectivity index (χ2n) is 4.28. The monoisotopic (exact) mass is 302 g/mol. The minimum atomic E-state index is 0.548. The van der Waals surface area contributed by atoms with E-state index in [0.29, 0.717) is 23.1 Å². The zero-order chi connectivity index (χ0) is 15.9. The van der Waals surface area contributed by atoms with E-state index in [9.17, 15) is 0 Å². The van der Waals surface area contributed by atoms with Crippen LogP contribution in [0.15, 0.2) is 35.5 Å². The number of hydrogen-bond acceptors (Lipinski definition) is 6. The van der Waals surface area contributed by atoms with Gasteiger partial charge in [-0.3, -0.25) is 4.99 Å². The molecule has 0 fully saturated rings. The van der Waals surface area contributed by atoms with E-state index in [1.54, 1.807) is 46.9 Å². The normalized spacial score (nSPS) is 10.5. The zero-order valence-electron chi connectivity index (χ0n) is 13.0. The Bertz CT molecular complexity index is 629. The Kier molecular flexibility index (Phi) is 5.19. The summed E-state index contributed by atoms with van der Waals surface area (Å²) in [4.78, 5) is 8.46. The van der Waals surface area contributed by atoms with Gasteiger partial charge in [-0.25, -0.2) is 4.98 Å². The van der Waals surface area contributed by atoms with E-state index < -0.39 is 0 Å². The summed E-state index contributed by atoms with van der Waals surface area (Å²) in [7, 11) is 6.29. The van der Waals surface area contributed by atoms with Crippen molar-refractivity contribution in [1.82, 2.24) is 4.98 Å². The quantitative estimate of drug-likeness (QED) is 0.768. The molecule has 0 bridgehead atoms. The van der Waals surface area contributed by atoms with Gasteiger partial charge in [-0.15, -0.1) is 0 Å². The van der Waals surface area contributed by atoms with Crippen molar-refractivity contribution in [3.05, 3.63) is 36.0 Å². The highest BCUT2D eigenvalue weighted by molar-refractivity contribution is 5.84. The Morgan fingerprint density at radius 3 is 2.05 bits per heavy atom. The molecule has 0 saturated carbocycles. The third-order valence-electron chi connectivity index (χ3n) is 2.98. The summed E-state index contributed by atoms with van der Waals surface area (Å²) >= 11 is 0. The average molecular weight is 302 g/mol. The van der Waals surface area contributed by atoms with Gasteiger partial charge in [-0.2, -0.15) is 0 Å². The van der Waals surface area contributed by atoms with Crippen molar-refractivity contribution < 1.29 is 18.9 Å². The average Bonchev–Trinajstić information content (AvgIpc) is 2.59. The van der Waals surface area contributed by atoms with E-state index in [2.05, 4.69) is 9.98 Å². The summed E-state index contributed by atoms with van der Waals surface area (Å²) in [5.41, 5.74) is 1.54. The molecule has 2 rings (SSSR count). The Morgan fingerprint density at radius 2 is 1.59 bits per heavy atom. The molecule has 0 N–H and O–H groups in total. The third kappa shape index (κ3) is 3.46. The molecule has 6 heteroatoms. The first kappa shape index (κ1) is 15.6. The standard InChI is InChI=1S/C16H18N2O4/c1-19-13-7-11(8-14(20-2)16(13)22-4)9-17-12-5-6-15(21-3)18-10-12/h5-10H,1-4H3. The maximum absolute atomic E-state index is 5.31. The van der Waals surface area contributed by atoms with E-state index in [0.717, 1.165) is 11.3 Å². The molecule has 2 aromatic rings. The summed E-state index contributed by atoms with van der Waals surface area (Å²) in [5, 5.41) is 0. The van der Waals surface area contributed by atoms with Crippen molar-refractivity contribution in [1.29, 1.82) is 0 Å². The minimum Gasteiger partial charge on any atom is -0.493 e. The van der Waals surface area contributed by atoms with Crippen molar-refractivity contribution >= 4 is 11.9 Å². The van der Waals surface area contributed by atoms with Crippen LogP contribution in [0, 0.1) is 0 Å². The summed E-state index contributed by atoms with van der Waals surface area (Å²) in [5.74, 6) is 2.26. The second kappa shape index (κ2) is 7.31. The van der Waals surface area contributed by atoms with E-state index in [4.69, 9.17) is 18.9 Å². The van der Waals surface area contributed by atoms with Crippen LogP contribution in [0.1, 0.15) is 5.56 Å². The van der Waals surface area contributed by atoms with Crippen LogP contribution in [0.2, 0.25) is 0 Å². The molecule has 0 aliphatic rings. The third-order valence-corrected chi connectivity index (χ3v) is 2.98. The Morgan fingerprint density at radius 1 is 0.909 bits per heavy atom. The van der Waals surface area contributed by atoms with Gasteiger partial charge in [0.1, 0.15) is 0 Å². The lowest BCUT2D eigenvalue weighted by molar-refractivity contribution is 0.324. The fraction of sp³-hybridized carbons (Fsp3) is 0.250. The molecule has 116 valence electrons. The molecule has 0 spiro atoms. The molecule has 0 aliphatic carbocycles. The highest BCUT2D eigenvalue weighted by atomic mass is 16.5. The molecule has 0 radical (unpaired) electrons. The van der Waals surface area contributed by atoms with Crippen LogP contribution in [-0.4, -0.2) is 39.6 Å². The first-order valence-electron chi connectivity index (χ1n) is 6.56. The fourth-order valence-electron chi connectivity index (χ4n) is 1.89. The van der Waals surface area contributed by atoms with Crippen molar-refractivity contribution in [2.45, 2.75) is 0 Å². The van der Waals surface area contributed by atoms with Gasteiger partial charge in [0, 0.05) is 17.8 Å². The van der Waals surface area contributed by atoms with Crippen molar-refractivity contribution in [2.24, 2.45) is 4.99 Å². The number of aromatic nitrogens is 1. The molecule has 1 heterocycles. The summed E-state index contributed by atoms with van der Waals surface area (Å²) < 4.78 is 20.9. The van der Waals surface area contributed by atoms with Gasteiger partial charge < -0.3 is 18.9 Å². The lowest BCUT2D eigenvalue weighted by atomic mass is 10.2. The summed E-state index contributed by atoms with van der Waals surface area (Å²) in [6.07, 6.45) is 3.33. The number of benzene rings is 1. The second-order valence-corrected chi connectivity index (χ2v) is 4.28. The van der Waals surface area contributed by atoms with Crippen molar-refractivity contribution in [2.75, 3.05) is 28.4 Å². The van der Waals surface area contributed by atoms with Crippen LogP contribution in [0.5, 0.6) is 23.1 Å². The number of pyridine rings is 1. The van der Waals surface area contributed by atoms with Gasteiger partial charge in [-0.05, 0) is 18.2 Å². The molecule has 0 saturated heterocycles. The Balaban J connectivity index is 2.29. The first-order valence-corrected chi connectivity index (χ1v) is 6.56. The van der Waals surface area contributed by atoms with Crippen molar-refractivity contribution in [3.8, 4) is 23.1 Å².